The number of anilines is 1. The van der Waals surface area contributed by atoms with Crippen LogP contribution in [0.15, 0.2) is 47.6 Å². The summed E-state index contributed by atoms with van der Waals surface area (Å²) in [7, 11) is 1.52. The van der Waals surface area contributed by atoms with Crippen molar-refractivity contribution in [1.82, 2.24) is 10.4 Å². The number of phenolic OH excluding ortho intramolecular Hbond substituents is 1. The molecule has 0 unspecified atom stereocenters. The highest BCUT2D eigenvalue weighted by atomic mass is 32.1. The molecule has 2 aromatic carbocycles. The average molecular weight is 370 g/mol. The Morgan fingerprint density at radius 2 is 2.12 bits per heavy atom. The molecule has 0 spiro atoms. The molecule has 3 rings (SSSR count). The van der Waals surface area contributed by atoms with E-state index in [0.717, 1.165) is 10.2 Å². The van der Waals surface area contributed by atoms with E-state index in [1.165, 1.54) is 24.5 Å². The highest BCUT2D eigenvalue weighted by Crippen LogP contribution is 2.25. The minimum atomic E-state index is -0.309. The molecule has 3 aromatic rings. The summed E-state index contributed by atoms with van der Waals surface area (Å²) in [5.41, 5.74) is 4.36. The first-order valence-electron chi connectivity index (χ1n) is 7.87. The van der Waals surface area contributed by atoms with Gasteiger partial charge < -0.3 is 15.2 Å². The van der Waals surface area contributed by atoms with Gasteiger partial charge in [-0.05, 0) is 31.2 Å². The van der Waals surface area contributed by atoms with Crippen LogP contribution in [0.25, 0.3) is 10.2 Å². The topological polar surface area (TPSA) is 95.8 Å². The number of methoxy groups -OCH3 is 1. The molecule has 0 atom stereocenters. The zero-order chi connectivity index (χ0) is 18.5. The molecular weight excluding hydrogens is 352 g/mol. The summed E-state index contributed by atoms with van der Waals surface area (Å²) in [5, 5.41) is 17.7. The van der Waals surface area contributed by atoms with Crippen LogP contribution in [-0.2, 0) is 4.79 Å². The van der Waals surface area contributed by atoms with Gasteiger partial charge in [0.1, 0.15) is 11.5 Å². The number of rotatable bonds is 6. The first-order chi connectivity index (χ1) is 12.6. The lowest BCUT2D eigenvalue weighted by Gasteiger charge is -2.07. The van der Waals surface area contributed by atoms with Crippen LogP contribution in [0.1, 0.15) is 12.5 Å². The van der Waals surface area contributed by atoms with Gasteiger partial charge in [0.15, 0.2) is 5.13 Å². The zero-order valence-electron chi connectivity index (χ0n) is 14.3. The Labute approximate surface area is 154 Å². The number of nitrogens with one attached hydrogen (secondary N) is 2. The first-order valence-corrected chi connectivity index (χ1v) is 8.68. The molecule has 0 fully saturated rings. The number of aromatic nitrogens is 1. The third-order valence-corrected chi connectivity index (χ3v) is 4.63. The molecule has 7 nitrogen and oxygen atoms in total. The van der Waals surface area contributed by atoms with Gasteiger partial charge in [-0.1, -0.05) is 23.5 Å². The van der Waals surface area contributed by atoms with E-state index in [-0.39, 0.29) is 18.2 Å². The van der Waals surface area contributed by atoms with Crippen LogP contribution in [0.4, 0.5) is 5.13 Å². The highest BCUT2D eigenvalue weighted by molar-refractivity contribution is 7.22. The van der Waals surface area contributed by atoms with E-state index < -0.39 is 0 Å². The second-order valence-corrected chi connectivity index (χ2v) is 6.49. The third-order valence-electron chi connectivity index (χ3n) is 3.64. The summed E-state index contributed by atoms with van der Waals surface area (Å²) >= 11 is 1.48. The number of hydrazone groups is 1. The fourth-order valence-electron chi connectivity index (χ4n) is 2.29. The lowest BCUT2D eigenvalue weighted by atomic mass is 10.1. The van der Waals surface area contributed by atoms with E-state index >= 15 is 0 Å². The number of para-hydroxylation sites is 1. The number of nitrogens with zero attached hydrogens (tertiary/aromatic N) is 2. The molecule has 0 radical (unpaired) electrons. The number of ether oxygens (including phenoxy) is 1. The van der Waals surface area contributed by atoms with Gasteiger partial charge in [-0.15, -0.1) is 0 Å². The van der Waals surface area contributed by atoms with Gasteiger partial charge in [0.05, 0.1) is 29.6 Å². The van der Waals surface area contributed by atoms with Crippen LogP contribution in [0, 0.1) is 0 Å². The number of aromatic hydroxyl groups is 1. The number of thiazole rings is 1. The van der Waals surface area contributed by atoms with Gasteiger partial charge in [0.25, 0.3) is 5.91 Å². The van der Waals surface area contributed by atoms with Gasteiger partial charge in [-0.25, -0.2) is 10.4 Å². The van der Waals surface area contributed by atoms with Crippen LogP contribution < -0.4 is 15.5 Å². The Balaban J connectivity index is 1.58. The van der Waals surface area contributed by atoms with Crippen LogP contribution in [0.2, 0.25) is 0 Å². The van der Waals surface area contributed by atoms with Crippen LogP contribution in [0.5, 0.6) is 11.5 Å². The summed E-state index contributed by atoms with van der Waals surface area (Å²) in [6.07, 6.45) is 0. The SMILES string of the molecule is COc1ccc(/C(C)=N/NC(=O)CNc2nc3ccccc3s2)c(O)c1. The molecule has 1 aromatic heterocycles. The van der Waals surface area contributed by atoms with E-state index in [9.17, 15) is 9.90 Å². The van der Waals surface area contributed by atoms with Crippen molar-refractivity contribution >= 4 is 38.3 Å². The predicted octanol–water partition coefficient (Wildman–Crippen LogP) is 2.96. The van der Waals surface area contributed by atoms with Gasteiger partial charge in [-0.2, -0.15) is 5.10 Å². The second-order valence-electron chi connectivity index (χ2n) is 5.46. The largest absolute Gasteiger partial charge is 0.507 e. The van der Waals surface area contributed by atoms with Crippen molar-refractivity contribution in [2.45, 2.75) is 6.92 Å². The van der Waals surface area contributed by atoms with E-state index in [1.54, 1.807) is 19.1 Å². The predicted molar refractivity (Wildman–Crippen MR) is 103 cm³/mol. The van der Waals surface area contributed by atoms with Crippen molar-refractivity contribution < 1.29 is 14.6 Å². The lowest BCUT2D eigenvalue weighted by Crippen LogP contribution is -2.26. The number of hydrogen-bond acceptors (Lipinski definition) is 7. The van der Waals surface area contributed by atoms with Crippen molar-refractivity contribution in [3.63, 3.8) is 0 Å². The summed E-state index contributed by atoms with van der Waals surface area (Å²) in [6, 6.07) is 12.7. The van der Waals surface area contributed by atoms with Crippen molar-refractivity contribution in [1.29, 1.82) is 0 Å². The van der Waals surface area contributed by atoms with Gasteiger partial charge in [0, 0.05) is 11.6 Å². The molecule has 0 aliphatic heterocycles. The zero-order valence-corrected chi connectivity index (χ0v) is 15.1. The molecule has 1 heterocycles. The molecule has 1 amide bonds. The number of benzene rings is 2. The number of hydrogen-bond donors (Lipinski definition) is 3. The molecule has 0 bridgehead atoms. The van der Waals surface area contributed by atoms with Crippen LogP contribution in [0.3, 0.4) is 0 Å². The van der Waals surface area contributed by atoms with E-state index in [0.29, 0.717) is 22.2 Å². The van der Waals surface area contributed by atoms with Crippen LogP contribution in [-0.4, -0.2) is 35.4 Å². The number of amides is 1. The average Bonchev–Trinajstić information content (AvgIpc) is 3.07. The summed E-state index contributed by atoms with van der Waals surface area (Å²) in [5.74, 6) is 0.271. The van der Waals surface area contributed by atoms with Crippen molar-refractivity contribution in [2.24, 2.45) is 5.10 Å². The Morgan fingerprint density at radius 3 is 2.85 bits per heavy atom. The minimum absolute atomic E-state index is 0.0347. The molecule has 0 aliphatic carbocycles. The molecule has 0 saturated carbocycles. The van der Waals surface area contributed by atoms with E-state index in [2.05, 4.69) is 20.8 Å². The summed E-state index contributed by atoms with van der Waals surface area (Å²) in [4.78, 5) is 16.4. The Kier molecular flexibility index (Phi) is 5.33. The van der Waals surface area contributed by atoms with Crippen LogP contribution >= 0.6 is 11.3 Å². The molecule has 134 valence electrons. The standard InChI is InChI=1S/C18H18N4O3S/c1-11(13-8-7-12(25-2)9-15(13)23)21-22-17(24)10-19-18-20-14-5-3-4-6-16(14)26-18/h3-9,23H,10H2,1-2H3,(H,19,20)(H,22,24)/b21-11+. The van der Waals surface area contributed by atoms with Gasteiger partial charge in [0.2, 0.25) is 0 Å². The van der Waals surface area contributed by atoms with Crippen molar-refractivity contribution in [2.75, 3.05) is 19.0 Å². The lowest BCUT2D eigenvalue weighted by molar-refractivity contribution is -0.119. The van der Waals surface area contributed by atoms with E-state index in [4.69, 9.17) is 4.74 Å². The Hall–Kier alpha value is -3.13. The first kappa shape index (κ1) is 17.7. The number of fused-ring (bicyclic) bond motifs is 1. The summed E-state index contributed by atoms with van der Waals surface area (Å²) in [6.45, 7) is 1.74. The smallest absolute Gasteiger partial charge is 0.259 e. The number of phenols is 1. The van der Waals surface area contributed by atoms with Crippen molar-refractivity contribution in [3.05, 3.63) is 48.0 Å². The molecule has 8 heteroatoms. The minimum Gasteiger partial charge on any atom is -0.507 e. The maximum atomic E-state index is 12.0. The number of carbonyl (C=O) groups is 1. The quantitative estimate of drug-likeness (QED) is 0.458. The third kappa shape index (κ3) is 4.09. The van der Waals surface area contributed by atoms with Gasteiger partial charge >= 0.3 is 0 Å². The van der Waals surface area contributed by atoms with Crippen molar-refractivity contribution in [3.8, 4) is 11.5 Å². The number of carbonyl (C=O) groups excluding carboxylic acids is 1. The molecule has 26 heavy (non-hydrogen) atoms. The molecule has 0 saturated heterocycles. The maximum Gasteiger partial charge on any atom is 0.259 e. The summed E-state index contributed by atoms with van der Waals surface area (Å²) < 4.78 is 6.10. The fourth-order valence-corrected chi connectivity index (χ4v) is 3.16. The monoisotopic (exact) mass is 370 g/mol. The fraction of sp³-hybridized carbons (Fsp3) is 0.167. The normalized spacial score (nSPS) is 11.4. The Morgan fingerprint density at radius 1 is 1.31 bits per heavy atom. The molecular formula is C18H18N4O3S. The van der Waals surface area contributed by atoms with Gasteiger partial charge in [-0.3, -0.25) is 4.79 Å². The highest BCUT2D eigenvalue weighted by Gasteiger charge is 2.08. The maximum absolute atomic E-state index is 12.0. The van der Waals surface area contributed by atoms with E-state index in [1.807, 2.05) is 24.3 Å². The second kappa shape index (κ2) is 7.83. The molecule has 3 N–H and O–H groups in total. The molecule has 0 aliphatic rings. The Bertz CT molecular complexity index is 935.